The molecule has 0 bridgehead atoms. The highest BCUT2D eigenvalue weighted by molar-refractivity contribution is 5.93. The highest BCUT2D eigenvalue weighted by Crippen LogP contribution is 2.11. The summed E-state index contributed by atoms with van der Waals surface area (Å²) in [6.45, 7) is 3.84. The number of rotatable bonds is 16. The van der Waals surface area contributed by atoms with E-state index in [0.29, 0.717) is 6.42 Å². The van der Waals surface area contributed by atoms with Gasteiger partial charge in [0.05, 0.1) is 13.7 Å². The van der Waals surface area contributed by atoms with Crippen LogP contribution in [0.3, 0.4) is 0 Å². The predicted molar refractivity (Wildman–Crippen MR) is 168 cm³/mol. The molecule has 0 aliphatic carbocycles. The lowest BCUT2D eigenvalue weighted by atomic mass is 10.0. The van der Waals surface area contributed by atoms with Crippen LogP contribution in [0.4, 0.5) is 4.79 Å². The van der Waals surface area contributed by atoms with Crippen LogP contribution < -0.4 is 16.0 Å². The number of hydrogen-bond donors (Lipinski definition) is 3. The van der Waals surface area contributed by atoms with Gasteiger partial charge in [-0.3, -0.25) is 19.2 Å². The molecule has 3 aromatic rings. The lowest BCUT2D eigenvalue weighted by Crippen LogP contribution is -2.58. The molecule has 0 heterocycles. The molecule has 0 aliphatic heterocycles. The third kappa shape index (κ3) is 12.0. The van der Waals surface area contributed by atoms with Crippen molar-refractivity contribution >= 4 is 23.8 Å². The Morgan fingerprint density at radius 2 is 1.22 bits per heavy atom. The largest absolute Gasteiger partial charge is 0.445 e. The second kappa shape index (κ2) is 18.2. The molecule has 0 radical (unpaired) electrons. The molecule has 0 aromatic heterocycles. The molecule has 45 heavy (non-hydrogen) atoms. The number of benzene rings is 3. The highest BCUT2D eigenvalue weighted by atomic mass is 16.7. The lowest BCUT2D eigenvalue weighted by Gasteiger charge is -2.27. The van der Waals surface area contributed by atoms with Crippen LogP contribution in [0.5, 0.6) is 0 Å². The molecule has 3 N–H and O–H groups in total. The topological polar surface area (TPSA) is 135 Å². The lowest BCUT2D eigenvalue weighted by molar-refractivity contribution is -0.172. The Hall–Kier alpha value is -4.74. The van der Waals surface area contributed by atoms with Gasteiger partial charge in [0.2, 0.25) is 12.1 Å². The van der Waals surface area contributed by atoms with Crippen LogP contribution in [0.1, 0.15) is 37.0 Å². The van der Waals surface area contributed by atoms with Crippen LogP contribution >= 0.6 is 0 Å². The molecule has 0 aliphatic rings. The maximum absolute atomic E-state index is 13.7. The van der Waals surface area contributed by atoms with Crippen LogP contribution in [-0.4, -0.2) is 61.3 Å². The third-order valence-electron chi connectivity index (χ3n) is 6.78. The van der Waals surface area contributed by atoms with Gasteiger partial charge in [0.15, 0.2) is 0 Å². The smallest absolute Gasteiger partial charge is 0.408 e. The average Bonchev–Trinajstić information content (AvgIpc) is 3.05. The molecule has 0 spiro atoms. The molecule has 3 atom stereocenters. The number of alkyl carbamates (subject to hydrolysis) is 1. The number of ether oxygens (including phenoxy) is 2. The van der Waals surface area contributed by atoms with Crippen molar-refractivity contribution in [2.45, 2.75) is 58.2 Å². The second-order valence-corrected chi connectivity index (χ2v) is 10.8. The van der Waals surface area contributed by atoms with Gasteiger partial charge in [-0.1, -0.05) is 105 Å². The van der Waals surface area contributed by atoms with Gasteiger partial charge in [0, 0.05) is 13.5 Å². The zero-order valence-electron chi connectivity index (χ0n) is 26.1. The maximum atomic E-state index is 13.7. The van der Waals surface area contributed by atoms with Gasteiger partial charge >= 0.3 is 6.09 Å². The van der Waals surface area contributed by atoms with Crippen LogP contribution in [-0.2, 0) is 48.3 Å². The van der Waals surface area contributed by atoms with Crippen molar-refractivity contribution in [3.05, 3.63) is 108 Å². The van der Waals surface area contributed by atoms with E-state index in [1.54, 1.807) is 0 Å². The molecule has 0 saturated carbocycles. The average molecular weight is 619 g/mol. The van der Waals surface area contributed by atoms with Gasteiger partial charge in [-0.15, -0.1) is 0 Å². The van der Waals surface area contributed by atoms with Crippen molar-refractivity contribution in [3.63, 3.8) is 0 Å². The Kier molecular flexibility index (Phi) is 14.0. The first-order valence-electron chi connectivity index (χ1n) is 14.7. The predicted octanol–water partition coefficient (Wildman–Crippen LogP) is 3.73. The van der Waals surface area contributed by atoms with Gasteiger partial charge in [-0.05, 0) is 29.0 Å². The Morgan fingerprint density at radius 1 is 0.689 bits per heavy atom. The summed E-state index contributed by atoms with van der Waals surface area (Å²) in [6, 6.07) is 25.3. The zero-order valence-corrected chi connectivity index (χ0v) is 26.1. The number of carbonyl (C=O) groups excluding carboxylic acids is 4. The van der Waals surface area contributed by atoms with Crippen molar-refractivity contribution in [1.29, 1.82) is 0 Å². The number of nitrogens with one attached hydrogen (secondary N) is 3. The van der Waals surface area contributed by atoms with E-state index in [1.165, 1.54) is 14.2 Å². The fourth-order valence-corrected chi connectivity index (χ4v) is 4.38. The zero-order chi connectivity index (χ0) is 32.6. The number of hydroxylamine groups is 2. The van der Waals surface area contributed by atoms with Crippen molar-refractivity contribution in [2.75, 3.05) is 14.2 Å². The quantitative estimate of drug-likeness (QED) is 0.164. The van der Waals surface area contributed by atoms with E-state index >= 15 is 0 Å². The number of nitrogens with zero attached hydrogens (tertiary/aromatic N) is 1. The molecule has 11 nitrogen and oxygen atoms in total. The van der Waals surface area contributed by atoms with E-state index in [-0.39, 0.29) is 25.6 Å². The number of likely N-dealkylation sites (N-methyl/N-ethyl adjacent to an activating group) is 1. The van der Waals surface area contributed by atoms with Crippen molar-refractivity contribution in [3.8, 4) is 0 Å². The Bertz CT molecular complexity index is 1360. The van der Waals surface area contributed by atoms with Crippen LogP contribution in [0.2, 0.25) is 0 Å². The van der Waals surface area contributed by atoms with E-state index < -0.39 is 42.1 Å². The van der Waals surface area contributed by atoms with Gasteiger partial charge in [-0.2, -0.15) is 0 Å². The van der Waals surface area contributed by atoms with Crippen molar-refractivity contribution < 1.29 is 33.5 Å². The van der Waals surface area contributed by atoms with E-state index in [4.69, 9.17) is 14.3 Å². The SMILES string of the molecule is CON(C)C(=O)C(CC(C)C)NC(=O)C(NC(=O)C(Cc1ccccc1)NC(=O)OCc1ccccc1)OCc1ccccc1. The molecule has 0 saturated heterocycles. The first kappa shape index (κ1) is 34.7. The molecule has 3 rings (SSSR count). The minimum Gasteiger partial charge on any atom is -0.445 e. The monoisotopic (exact) mass is 618 g/mol. The van der Waals surface area contributed by atoms with Gasteiger partial charge < -0.3 is 25.4 Å². The summed E-state index contributed by atoms with van der Waals surface area (Å²) in [7, 11) is 2.80. The minimum atomic E-state index is -1.49. The standard InChI is InChI=1S/C34H42N4O7/c1-24(2)20-29(33(41)38(3)43-4)35-31(40)32(44-22-26-16-10-6-11-17-26)37-30(39)28(21-25-14-8-5-9-15-25)36-34(42)45-23-27-18-12-7-13-19-27/h5-19,24,28-29,32H,20-23H2,1-4H3,(H,35,40)(H,36,42)(H,37,39). The first-order valence-corrected chi connectivity index (χ1v) is 14.7. The Balaban J connectivity index is 1.80. The van der Waals surface area contributed by atoms with Gasteiger partial charge in [-0.25, -0.2) is 9.86 Å². The van der Waals surface area contributed by atoms with Gasteiger partial charge in [0.1, 0.15) is 18.7 Å². The first-order chi connectivity index (χ1) is 21.7. The van der Waals surface area contributed by atoms with Crippen LogP contribution in [0, 0.1) is 5.92 Å². The van der Waals surface area contributed by atoms with Crippen molar-refractivity contribution in [2.24, 2.45) is 5.92 Å². The number of amides is 4. The summed E-state index contributed by atoms with van der Waals surface area (Å²) in [5.41, 5.74) is 2.33. The number of hydrogen-bond acceptors (Lipinski definition) is 7. The summed E-state index contributed by atoms with van der Waals surface area (Å²) < 4.78 is 11.3. The molecule has 11 heteroatoms. The van der Waals surface area contributed by atoms with E-state index in [9.17, 15) is 19.2 Å². The summed E-state index contributed by atoms with van der Waals surface area (Å²) in [4.78, 5) is 58.1. The molecule has 3 aromatic carbocycles. The summed E-state index contributed by atoms with van der Waals surface area (Å²) in [5.74, 6) is -1.81. The highest BCUT2D eigenvalue weighted by Gasteiger charge is 2.32. The Morgan fingerprint density at radius 3 is 1.76 bits per heavy atom. The summed E-state index contributed by atoms with van der Waals surface area (Å²) in [5, 5.41) is 9.00. The third-order valence-corrected chi connectivity index (χ3v) is 6.78. The molecular weight excluding hydrogens is 576 g/mol. The van der Waals surface area contributed by atoms with E-state index in [0.717, 1.165) is 21.8 Å². The summed E-state index contributed by atoms with van der Waals surface area (Å²) >= 11 is 0. The molecular formula is C34H42N4O7. The van der Waals surface area contributed by atoms with Crippen molar-refractivity contribution in [1.82, 2.24) is 21.0 Å². The second-order valence-electron chi connectivity index (χ2n) is 10.8. The molecule has 0 fully saturated rings. The normalized spacial score (nSPS) is 12.8. The van der Waals surface area contributed by atoms with E-state index in [1.807, 2.05) is 105 Å². The van der Waals surface area contributed by atoms with E-state index in [2.05, 4.69) is 16.0 Å². The number of carbonyl (C=O) groups is 4. The maximum Gasteiger partial charge on any atom is 0.408 e. The minimum absolute atomic E-state index is 0.00410. The fraction of sp³-hybridized carbons (Fsp3) is 0.353. The van der Waals surface area contributed by atoms with Crippen LogP contribution in [0.15, 0.2) is 91.0 Å². The molecule has 4 amide bonds. The van der Waals surface area contributed by atoms with Crippen LogP contribution in [0.25, 0.3) is 0 Å². The van der Waals surface area contributed by atoms with Gasteiger partial charge in [0.25, 0.3) is 11.8 Å². The molecule has 3 unspecified atom stereocenters. The molecule has 240 valence electrons. The summed E-state index contributed by atoms with van der Waals surface area (Å²) in [6.07, 6.45) is -1.85. The Labute approximate surface area is 264 Å². The fourth-order valence-electron chi connectivity index (χ4n) is 4.38.